The fourth-order valence-corrected chi connectivity index (χ4v) is 3.57. The van der Waals surface area contributed by atoms with Crippen LogP contribution in [-0.2, 0) is 6.42 Å². The van der Waals surface area contributed by atoms with Crippen LogP contribution >= 0.6 is 35.5 Å². The van der Waals surface area contributed by atoms with Gasteiger partial charge in [0, 0.05) is 57.2 Å². The van der Waals surface area contributed by atoms with Crippen molar-refractivity contribution in [3.05, 3.63) is 5.82 Å². The Morgan fingerprint density at radius 1 is 1.25 bits per heavy atom. The third kappa shape index (κ3) is 8.23. The second-order valence-corrected chi connectivity index (χ2v) is 7.14. The van der Waals surface area contributed by atoms with Gasteiger partial charge < -0.3 is 15.1 Å². The molecule has 1 aromatic rings. The number of nitrogens with zero attached hydrogens (tertiary/aromatic N) is 6. The molecular formula is C16H29F3IN7S. The standard InChI is InChI=1S/C16H28F3N7S.HI/c1-4-13-22-15(27-23-13)26-10-8-25(9-11-26)14(20-5-2)21-6-7-24(3)12-16(17,18)19;/h4-12H2,1-3H3,(H,20,21);1H. The van der Waals surface area contributed by atoms with Crippen LogP contribution in [0.1, 0.15) is 19.7 Å². The summed E-state index contributed by atoms with van der Waals surface area (Å²) in [5.74, 6) is 1.62. The molecule has 7 nitrogen and oxygen atoms in total. The quantitative estimate of drug-likeness (QED) is 0.329. The third-order valence-electron chi connectivity index (χ3n) is 4.15. The van der Waals surface area contributed by atoms with E-state index in [1.807, 2.05) is 13.8 Å². The van der Waals surface area contributed by atoms with Gasteiger partial charge in [-0.3, -0.25) is 9.89 Å². The van der Waals surface area contributed by atoms with Gasteiger partial charge in [0.1, 0.15) is 5.82 Å². The van der Waals surface area contributed by atoms with Gasteiger partial charge in [-0.15, -0.1) is 24.0 Å². The van der Waals surface area contributed by atoms with E-state index in [2.05, 4.69) is 29.5 Å². The van der Waals surface area contributed by atoms with Gasteiger partial charge in [-0.05, 0) is 14.0 Å². The molecule has 0 bridgehead atoms. The minimum absolute atomic E-state index is 0. The predicted octanol–water partition coefficient (Wildman–Crippen LogP) is 2.30. The van der Waals surface area contributed by atoms with Crippen LogP contribution < -0.4 is 10.2 Å². The smallest absolute Gasteiger partial charge is 0.357 e. The van der Waals surface area contributed by atoms with E-state index >= 15 is 0 Å². The topological polar surface area (TPSA) is 59.9 Å². The lowest BCUT2D eigenvalue weighted by Gasteiger charge is -2.36. The summed E-state index contributed by atoms with van der Waals surface area (Å²) in [6.45, 7) is 7.60. The summed E-state index contributed by atoms with van der Waals surface area (Å²) in [6.07, 6.45) is -3.35. The van der Waals surface area contributed by atoms with E-state index in [0.717, 1.165) is 49.5 Å². The Morgan fingerprint density at radius 2 is 1.93 bits per heavy atom. The lowest BCUT2D eigenvalue weighted by molar-refractivity contribution is -0.142. The Morgan fingerprint density at radius 3 is 2.46 bits per heavy atom. The van der Waals surface area contributed by atoms with Crippen molar-refractivity contribution in [2.75, 3.05) is 64.3 Å². The van der Waals surface area contributed by atoms with E-state index in [-0.39, 0.29) is 30.5 Å². The second-order valence-electron chi connectivity index (χ2n) is 6.41. The first-order chi connectivity index (χ1) is 12.8. The molecule has 28 heavy (non-hydrogen) atoms. The summed E-state index contributed by atoms with van der Waals surface area (Å²) in [7, 11) is 1.46. The number of hydrogen-bond donors (Lipinski definition) is 1. The fourth-order valence-electron chi connectivity index (χ4n) is 2.76. The van der Waals surface area contributed by atoms with E-state index < -0.39 is 12.7 Å². The molecule has 0 aromatic carbocycles. The summed E-state index contributed by atoms with van der Waals surface area (Å²) in [5, 5.41) is 4.18. The Hall–Kier alpha value is -0.890. The van der Waals surface area contributed by atoms with Crippen molar-refractivity contribution < 1.29 is 13.2 Å². The van der Waals surface area contributed by atoms with Crippen molar-refractivity contribution in [1.29, 1.82) is 0 Å². The number of halogens is 4. The molecule has 1 aromatic heterocycles. The van der Waals surface area contributed by atoms with Crippen molar-refractivity contribution in [2.45, 2.75) is 26.4 Å². The molecule has 0 spiro atoms. The molecule has 0 aliphatic carbocycles. The number of aromatic nitrogens is 2. The van der Waals surface area contributed by atoms with Crippen LogP contribution in [0.2, 0.25) is 0 Å². The monoisotopic (exact) mass is 535 g/mol. The molecule has 1 aliphatic heterocycles. The summed E-state index contributed by atoms with van der Waals surface area (Å²) >= 11 is 1.43. The van der Waals surface area contributed by atoms with Crippen LogP contribution in [-0.4, -0.2) is 90.7 Å². The highest BCUT2D eigenvalue weighted by Gasteiger charge is 2.29. The Labute approximate surface area is 185 Å². The minimum Gasteiger partial charge on any atom is -0.357 e. The number of anilines is 1. The Bertz CT molecular complexity index is 603. The number of alkyl halides is 3. The summed E-state index contributed by atoms with van der Waals surface area (Å²) in [4.78, 5) is 14.6. The predicted molar refractivity (Wildman–Crippen MR) is 118 cm³/mol. The highest BCUT2D eigenvalue weighted by molar-refractivity contribution is 14.0. The van der Waals surface area contributed by atoms with Gasteiger partial charge in [0.25, 0.3) is 0 Å². The highest BCUT2D eigenvalue weighted by atomic mass is 127. The molecule has 0 unspecified atom stereocenters. The van der Waals surface area contributed by atoms with E-state index in [0.29, 0.717) is 13.1 Å². The number of nitrogens with one attached hydrogen (secondary N) is 1. The number of aryl methyl sites for hydroxylation is 1. The van der Waals surface area contributed by atoms with Gasteiger partial charge in [-0.25, -0.2) is 4.98 Å². The van der Waals surface area contributed by atoms with Gasteiger partial charge in [-0.2, -0.15) is 17.5 Å². The number of likely N-dealkylation sites (N-methyl/N-ethyl adjacent to an activating group) is 1. The van der Waals surface area contributed by atoms with Crippen molar-refractivity contribution in [3.63, 3.8) is 0 Å². The molecule has 162 valence electrons. The molecule has 2 rings (SSSR count). The molecule has 0 amide bonds. The second kappa shape index (κ2) is 12.0. The highest BCUT2D eigenvalue weighted by Crippen LogP contribution is 2.19. The Kier molecular flexibility index (Phi) is 10.7. The number of aliphatic imine (C=N–C) groups is 1. The lowest BCUT2D eigenvalue weighted by atomic mass is 10.3. The fraction of sp³-hybridized carbons (Fsp3) is 0.812. The van der Waals surface area contributed by atoms with Crippen molar-refractivity contribution >= 4 is 46.6 Å². The van der Waals surface area contributed by atoms with Gasteiger partial charge >= 0.3 is 6.18 Å². The zero-order valence-corrected chi connectivity index (χ0v) is 19.6. The zero-order chi connectivity index (χ0) is 19.9. The SMILES string of the molecule is CCNC(=NCCN(C)CC(F)(F)F)N1CCN(c2nc(CC)ns2)CC1.I. The average molecular weight is 535 g/mol. The maximum absolute atomic E-state index is 12.4. The first-order valence-corrected chi connectivity index (χ1v) is 9.95. The average Bonchev–Trinajstić information content (AvgIpc) is 3.09. The number of hydrogen-bond acceptors (Lipinski definition) is 6. The third-order valence-corrected chi connectivity index (χ3v) is 4.97. The molecular weight excluding hydrogens is 506 g/mol. The maximum atomic E-state index is 12.4. The molecule has 1 aliphatic rings. The summed E-state index contributed by atoms with van der Waals surface area (Å²) in [5.41, 5.74) is 0. The molecule has 0 radical (unpaired) electrons. The zero-order valence-electron chi connectivity index (χ0n) is 16.5. The number of guanidine groups is 1. The lowest BCUT2D eigenvalue weighted by Crippen LogP contribution is -2.52. The van der Waals surface area contributed by atoms with Crippen LogP contribution in [0.3, 0.4) is 0 Å². The van der Waals surface area contributed by atoms with Gasteiger partial charge in [-0.1, -0.05) is 6.92 Å². The van der Waals surface area contributed by atoms with Crippen LogP contribution in [0, 0.1) is 0 Å². The van der Waals surface area contributed by atoms with Gasteiger partial charge in [0.15, 0.2) is 5.96 Å². The first kappa shape index (κ1) is 25.1. The molecule has 0 atom stereocenters. The molecule has 1 fully saturated rings. The molecule has 12 heteroatoms. The van der Waals surface area contributed by atoms with E-state index in [9.17, 15) is 13.2 Å². The maximum Gasteiger partial charge on any atom is 0.401 e. The summed E-state index contributed by atoms with van der Waals surface area (Å²) in [6, 6.07) is 0. The molecule has 1 N–H and O–H groups in total. The summed E-state index contributed by atoms with van der Waals surface area (Å²) < 4.78 is 41.5. The molecule has 1 saturated heterocycles. The van der Waals surface area contributed by atoms with Gasteiger partial charge in [0.05, 0.1) is 13.1 Å². The Balaban J connectivity index is 0.00000392. The van der Waals surface area contributed by atoms with Crippen molar-refractivity contribution in [1.82, 2.24) is 24.5 Å². The van der Waals surface area contributed by atoms with Crippen molar-refractivity contribution in [2.24, 2.45) is 4.99 Å². The minimum atomic E-state index is -4.18. The first-order valence-electron chi connectivity index (χ1n) is 9.18. The normalized spacial score (nSPS) is 15.8. The molecule has 0 saturated carbocycles. The molecule has 2 heterocycles. The largest absolute Gasteiger partial charge is 0.401 e. The van der Waals surface area contributed by atoms with Crippen LogP contribution in [0.25, 0.3) is 0 Å². The van der Waals surface area contributed by atoms with Crippen molar-refractivity contribution in [3.8, 4) is 0 Å². The number of rotatable bonds is 7. The number of piperazine rings is 1. The van der Waals surface area contributed by atoms with E-state index in [1.54, 1.807) is 0 Å². The van der Waals surface area contributed by atoms with E-state index in [4.69, 9.17) is 0 Å². The van der Waals surface area contributed by atoms with Crippen LogP contribution in [0.5, 0.6) is 0 Å². The van der Waals surface area contributed by atoms with Crippen LogP contribution in [0.15, 0.2) is 4.99 Å². The van der Waals surface area contributed by atoms with Gasteiger partial charge in [0.2, 0.25) is 5.13 Å². The van der Waals surface area contributed by atoms with E-state index in [1.165, 1.54) is 23.5 Å². The van der Waals surface area contributed by atoms with Crippen LogP contribution in [0.4, 0.5) is 18.3 Å².